The quantitative estimate of drug-likeness (QED) is 0.375. The van der Waals surface area contributed by atoms with Crippen molar-refractivity contribution in [2.24, 2.45) is 0 Å². The smallest absolute Gasteiger partial charge is 0.217 e. The molecule has 0 amide bonds. The average Bonchev–Trinajstić information content (AvgIpc) is 3.40. The molecule has 5 heteroatoms. The molecule has 1 aliphatic rings. The van der Waals surface area contributed by atoms with Crippen molar-refractivity contribution in [1.82, 2.24) is 20.2 Å². The van der Waals surface area contributed by atoms with Crippen LogP contribution in [0.5, 0.6) is 0 Å². The lowest BCUT2D eigenvalue weighted by molar-refractivity contribution is 0.247. The summed E-state index contributed by atoms with van der Waals surface area (Å²) in [6.45, 7) is 3.40. The molecule has 0 atom stereocenters. The molecule has 0 spiro atoms. The van der Waals surface area contributed by atoms with E-state index in [1.54, 1.807) is 0 Å². The van der Waals surface area contributed by atoms with Gasteiger partial charge in [0.05, 0.1) is 0 Å². The highest BCUT2D eigenvalue weighted by atomic mass is 19.1. The van der Waals surface area contributed by atoms with Gasteiger partial charge in [0, 0.05) is 48.0 Å². The fourth-order valence-electron chi connectivity index (χ4n) is 4.39. The Morgan fingerprint density at radius 2 is 1.86 bits per heavy atom. The Labute approximate surface area is 172 Å². The fourth-order valence-corrected chi connectivity index (χ4v) is 4.39. The molecule has 1 fully saturated rings. The van der Waals surface area contributed by atoms with Gasteiger partial charge in [0.15, 0.2) is 0 Å². The van der Waals surface area contributed by atoms with Crippen molar-refractivity contribution in [1.29, 1.82) is 0 Å². The van der Waals surface area contributed by atoms with Crippen LogP contribution in [0, 0.1) is 5.95 Å². The zero-order valence-corrected chi connectivity index (χ0v) is 17.0. The fraction of sp³-hybridized carbons (Fsp3) is 0.458. The third-order valence-electron chi connectivity index (χ3n) is 5.99. The summed E-state index contributed by atoms with van der Waals surface area (Å²) in [6, 6.07) is 12.7. The molecule has 1 aliphatic carbocycles. The zero-order chi connectivity index (χ0) is 19.9. The van der Waals surface area contributed by atoms with E-state index >= 15 is 0 Å². The van der Waals surface area contributed by atoms with Gasteiger partial charge in [0.25, 0.3) is 0 Å². The molecule has 4 nitrogen and oxygen atoms in total. The molecule has 4 rings (SSSR count). The lowest BCUT2D eigenvalue weighted by Crippen LogP contribution is -2.28. The van der Waals surface area contributed by atoms with Gasteiger partial charge in [-0.2, -0.15) is 4.39 Å². The van der Waals surface area contributed by atoms with Crippen LogP contribution in [0.2, 0.25) is 0 Å². The molecule has 2 heterocycles. The third-order valence-corrected chi connectivity index (χ3v) is 5.99. The Morgan fingerprint density at radius 3 is 2.72 bits per heavy atom. The van der Waals surface area contributed by atoms with E-state index in [0.29, 0.717) is 12.1 Å². The van der Waals surface area contributed by atoms with Crippen LogP contribution >= 0.6 is 0 Å². The van der Waals surface area contributed by atoms with Gasteiger partial charge in [-0.15, -0.1) is 0 Å². The number of hydrogen-bond donors (Lipinski definition) is 2. The molecule has 0 unspecified atom stereocenters. The van der Waals surface area contributed by atoms with E-state index in [0.717, 1.165) is 44.0 Å². The van der Waals surface area contributed by atoms with Crippen molar-refractivity contribution in [2.45, 2.75) is 57.7 Å². The minimum Gasteiger partial charge on any atom is -0.361 e. The monoisotopic (exact) mass is 394 g/mol. The van der Waals surface area contributed by atoms with Crippen LogP contribution in [-0.2, 0) is 13.1 Å². The molecule has 3 aromatic rings. The van der Waals surface area contributed by atoms with Crippen molar-refractivity contribution in [3.05, 3.63) is 65.9 Å². The van der Waals surface area contributed by atoms with Crippen molar-refractivity contribution in [2.75, 3.05) is 13.1 Å². The number of aromatic amines is 1. The van der Waals surface area contributed by atoms with Crippen LogP contribution in [-0.4, -0.2) is 34.0 Å². The number of hydrogen-bond acceptors (Lipinski definition) is 3. The SMILES string of the molecule is Fc1ncccc1CN(CCCCNC1CCCC1)Cc1c[nH]c2ccccc12. The largest absolute Gasteiger partial charge is 0.361 e. The highest BCUT2D eigenvalue weighted by Gasteiger charge is 2.15. The molecule has 1 saturated carbocycles. The lowest BCUT2D eigenvalue weighted by atomic mass is 10.1. The van der Waals surface area contributed by atoms with Crippen molar-refractivity contribution in [3.8, 4) is 0 Å². The van der Waals surface area contributed by atoms with E-state index in [1.165, 1.54) is 42.8 Å². The number of benzene rings is 1. The number of rotatable bonds is 10. The Kier molecular flexibility index (Phi) is 6.91. The van der Waals surface area contributed by atoms with Gasteiger partial charge in [-0.3, -0.25) is 4.90 Å². The predicted molar refractivity (Wildman–Crippen MR) is 116 cm³/mol. The number of nitrogens with zero attached hydrogens (tertiary/aromatic N) is 2. The average molecular weight is 395 g/mol. The summed E-state index contributed by atoms with van der Waals surface area (Å²) < 4.78 is 14.1. The number of aromatic nitrogens is 2. The Bertz CT molecular complexity index is 901. The zero-order valence-electron chi connectivity index (χ0n) is 17.0. The molecular formula is C24H31FN4. The van der Waals surface area contributed by atoms with E-state index in [1.807, 2.05) is 18.2 Å². The first-order valence-corrected chi connectivity index (χ1v) is 10.9. The second-order valence-corrected chi connectivity index (χ2v) is 8.17. The molecule has 2 aromatic heterocycles. The topological polar surface area (TPSA) is 44.0 Å². The van der Waals surface area contributed by atoms with Gasteiger partial charge in [-0.05, 0) is 56.5 Å². The maximum absolute atomic E-state index is 14.1. The second-order valence-electron chi connectivity index (χ2n) is 8.17. The normalized spacial score (nSPS) is 15.0. The summed E-state index contributed by atoms with van der Waals surface area (Å²) in [5, 5.41) is 4.93. The maximum atomic E-state index is 14.1. The summed E-state index contributed by atoms with van der Waals surface area (Å²) in [5.41, 5.74) is 3.07. The summed E-state index contributed by atoms with van der Waals surface area (Å²) in [7, 11) is 0. The highest BCUT2D eigenvalue weighted by molar-refractivity contribution is 5.82. The third kappa shape index (κ3) is 5.43. The van der Waals surface area contributed by atoms with Gasteiger partial charge < -0.3 is 10.3 Å². The number of halogens is 1. The minimum atomic E-state index is -0.362. The van der Waals surface area contributed by atoms with E-state index in [4.69, 9.17) is 0 Å². The number of fused-ring (bicyclic) bond motifs is 1. The molecule has 154 valence electrons. The molecular weight excluding hydrogens is 363 g/mol. The molecule has 2 N–H and O–H groups in total. The number of nitrogens with one attached hydrogen (secondary N) is 2. The summed E-state index contributed by atoms with van der Waals surface area (Å²) in [6.07, 6.45) is 11.2. The maximum Gasteiger partial charge on any atom is 0.217 e. The number of pyridine rings is 1. The molecule has 0 saturated heterocycles. The Hall–Kier alpha value is -2.24. The Balaban J connectivity index is 1.37. The van der Waals surface area contributed by atoms with E-state index in [2.05, 4.69) is 44.6 Å². The van der Waals surface area contributed by atoms with E-state index in [-0.39, 0.29) is 5.95 Å². The summed E-state index contributed by atoms with van der Waals surface area (Å²) in [4.78, 5) is 9.52. The van der Waals surface area contributed by atoms with Crippen LogP contribution in [0.3, 0.4) is 0 Å². The van der Waals surface area contributed by atoms with E-state index < -0.39 is 0 Å². The summed E-state index contributed by atoms with van der Waals surface area (Å²) in [5.74, 6) is -0.362. The number of para-hydroxylation sites is 1. The number of H-pyrrole nitrogens is 1. The van der Waals surface area contributed by atoms with Crippen LogP contribution in [0.4, 0.5) is 4.39 Å². The molecule has 29 heavy (non-hydrogen) atoms. The standard InChI is InChI=1S/C24H31FN4/c25-24-19(8-7-14-27-24)17-29(15-6-5-13-26-21-9-1-2-10-21)18-20-16-28-23-12-4-3-11-22(20)23/h3-4,7-8,11-12,14,16,21,26,28H,1-2,5-6,9-10,13,15,17-18H2. The molecule has 0 aliphatic heterocycles. The van der Waals surface area contributed by atoms with E-state index in [9.17, 15) is 4.39 Å². The van der Waals surface area contributed by atoms with Crippen molar-refractivity contribution >= 4 is 10.9 Å². The second kappa shape index (κ2) is 9.99. The van der Waals surface area contributed by atoms with Crippen LogP contribution < -0.4 is 5.32 Å². The first kappa shape index (κ1) is 20.0. The van der Waals surface area contributed by atoms with Crippen molar-refractivity contribution in [3.63, 3.8) is 0 Å². The van der Waals surface area contributed by atoms with Crippen molar-refractivity contribution < 1.29 is 4.39 Å². The molecule has 0 radical (unpaired) electrons. The van der Waals surface area contributed by atoms with Gasteiger partial charge in [-0.1, -0.05) is 37.1 Å². The summed E-state index contributed by atoms with van der Waals surface area (Å²) >= 11 is 0. The van der Waals surface area contributed by atoms with Gasteiger partial charge in [0.1, 0.15) is 0 Å². The predicted octanol–water partition coefficient (Wildman–Crippen LogP) is 5.02. The van der Waals surface area contributed by atoms with Gasteiger partial charge in [-0.25, -0.2) is 4.98 Å². The number of unbranched alkanes of at least 4 members (excludes halogenated alkanes) is 1. The molecule has 0 bridgehead atoms. The van der Waals surface area contributed by atoms with Gasteiger partial charge >= 0.3 is 0 Å². The Morgan fingerprint density at radius 1 is 1.03 bits per heavy atom. The molecule has 1 aromatic carbocycles. The first-order chi connectivity index (χ1) is 14.3. The van der Waals surface area contributed by atoms with Crippen LogP contribution in [0.25, 0.3) is 10.9 Å². The van der Waals surface area contributed by atoms with Gasteiger partial charge in [0.2, 0.25) is 5.95 Å². The minimum absolute atomic E-state index is 0.362. The first-order valence-electron chi connectivity index (χ1n) is 10.9. The van der Waals surface area contributed by atoms with Crippen LogP contribution in [0.1, 0.15) is 49.7 Å². The van der Waals surface area contributed by atoms with Crippen LogP contribution in [0.15, 0.2) is 48.8 Å². The highest BCUT2D eigenvalue weighted by Crippen LogP contribution is 2.21. The lowest BCUT2D eigenvalue weighted by Gasteiger charge is -2.22.